The largest absolute Gasteiger partial charge is 0.401 e. The van der Waals surface area contributed by atoms with E-state index in [9.17, 15) is 13.2 Å². The minimum atomic E-state index is -4.13. The van der Waals surface area contributed by atoms with E-state index in [0.29, 0.717) is 25.5 Å². The molecular formula is C16H27F3IN5S. The monoisotopic (exact) mass is 505 g/mol. The molecule has 1 atom stereocenters. The first-order valence-electron chi connectivity index (χ1n) is 8.53. The first kappa shape index (κ1) is 23.4. The number of aliphatic imine (C=N–C) groups is 1. The van der Waals surface area contributed by atoms with Gasteiger partial charge in [0.1, 0.15) is 0 Å². The summed E-state index contributed by atoms with van der Waals surface area (Å²) in [6.45, 7) is 2.79. The molecule has 1 aliphatic rings. The number of hydrogen-bond donors (Lipinski definition) is 2. The van der Waals surface area contributed by atoms with Gasteiger partial charge in [-0.05, 0) is 32.6 Å². The number of hydrogen-bond acceptors (Lipinski definition) is 4. The zero-order chi connectivity index (χ0) is 18.3. The summed E-state index contributed by atoms with van der Waals surface area (Å²) in [7, 11) is 1.68. The van der Waals surface area contributed by atoms with Crippen LogP contribution < -0.4 is 10.6 Å². The highest BCUT2D eigenvalue weighted by Gasteiger charge is 2.34. The Morgan fingerprint density at radius 2 is 2.19 bits per heavy atom. The van der Waals surface area contributed by atoms with Gasteiger partial charge >= 0.3 is 6.18 Å². The molecule has 1 aromatic heterocycles. The molecule has 2 N–H and O–H groups in total. The fraction of sp³-hybridized carbons (Fsp3) is 0.750. The standard InChI is InChI=1S/C16H26F3N5S.HI/c1-12-10-25-14(22-12)5-3-4-7-21-15(20-2)23-13-6-8-24(9-13)11-16(17,18)19;/h10,13H,3-9,11H2,1-2H3,(H2,20,21,23);1H. The zero-order valence-electron chi connectivity index (χ0n) is 15.1. The van der Waals surface area contributed by atoms with Gasteiger partial charge < -0.3 is 10.6 Å². The number of unbranched alkanes of at least 4 members (excludes halogenated alkanes) is 1. The molecule has 1 aliphatic heterocycles. The molecule has 10 heteroatoms. The number of guanidine groups is 1. The van der Waals surface area contributed by atoms with Crippen molar-refractivity contribution in [2.75, 3.05) is 33.2 Å². The highest BCUT2D eigenvalue weighted by atomic mass is 127. The van der Waals surface area contributed by atoms with E-state index < -0.39 is 12.7 Å². The first-order chi connectivity index (χ1) is 11.9. The maximum absolute atomic E-state index is 12.4. The highest BCUT2D eigenvalue weighted by molar-refractivity contribution is 14.0. The second-order valence-corrected chi connectivity index (χ2v) is 7.26. The molecule has 0 aromatic carbocycles. The van der Waals surface area contributed by atoms with Gasteiger partial charge in [-0.2, -0.15) is 13.2 Å². The maximum Gasteiger partial charge on any atom is 0.401 e. The van der Waals surface area contributed by atoms with Crippen LogP contribution in [-0.2, 0) is 6.42 Å². The smallest absolute Gasteiger partial charge is 0.356 e. The Morgan fingerprint density at radius 1 is 1.42 bits per heavy atom. The highest BCUT2D eigenvalue weighted by Crippen LogP contribution is 2.19. The maximum atomic E-state index is 12.4. The molecule has 0 radical (unpaired) electrons. The summed E-state index contributed by atoms with van der Waals surface area (Å²) >= 11 is 1.69. The fourth-order valence-electron chi connectivity index (χ4n) is 2.86. The van der Waals surface area contributed by atoms with Crippen molar-refractivity contribution in [3.63, 3.8) is 0 Å². The van der Waals surface area contributed by atoms with Crippen molar-refractivity contribution in [3.05, 3.63) is 16.1 Å². The van der Waals surface area contributed by atoms with Crippen molar-refractivity contribution in [2.45, 2.75) is 44.8 Å². The number of nitrogens with one attached hydrogen (secondary N) is 2. The number of nitrogens with zero attached hydrogens (tertiary/aromatic N) is 3. The van der Waals surface area contributed by atoms with E-state index >= 15 is 0 Å². The molecule has 2 rings (SSSR count). The predicted octanol–water partition coefficient (Wildman–Crippen LogP) is 3.19. The summed E-state index contributed by atoms with van der Waals surface area (Å²) in [5.41, 5.74) is 1.07. The van der Waals surface area contributed by atoms with Crippen LogP contribution in [0.5, 0.6) is 0 Å². The quantitative estimate of drug-likeness (QED) is 0.259. The Balaban J connectivity index is 0.00000338. The van der Waals surface area contributed by atoms with Crippen molar-refractivity contribution < 1.29 is 13.2 Å². The lowest BCUT2D eigenvalue weighted by Gasteiger charge is -2.19. The van der Waals surface area contributed by atoms with Crippen molar-refractivity contribution >= 4 is 41.3 Å². The molecular weight excluding hydrogens is 478 g/mol. The van der Waals surface area contributed by atoms with Gasteiger partial charge in [0.2, 0.25) is 0 Å². The van der Waals surface area contributed by atoms with E-state index in [-0.39, 0.29) is 30.0 Å². The molecule has 1 aromatic rings. The molecule has 0 amide bonds. The average molecular weight is 505 g/mol. The van der Waals surface area contributed by atoms with Gasteiger partial charge in [0.15, 0.2) is 5.96 Å². The van der Waals surface area contributed by atoms with Crippen LogP contribution in [-0.4, -0.2) is 61.3 Å². The topological polar surface area (TPSA) is 52.6 Å². The SMILES string of the molecule is CN=C(NCCCCc1nc(C)cs1)NC1CCN(CC(F)(F)F)C1.I. The van der Waals surface area contributed by atoms with Crippen LogP contribution in [0.2, 0.25) is 0 Å². The van der Waals surface area contributed by atoms with E-state index in [2.05, 4.69) is 26.0 Å². The van der Waals surface area contributed by atoms with Crippen LogP contribution >= 0.6 is 35.3 Å². The Hall–Kier alpha value is -0.620. The normalized spacial score (nSPS) is 18.7. The first-order valence-corrected chi connectivity index (χ1v) is 9.41. The minimum Gasteiger partial charge on any atom is -0.356 e. The molecule has 1 fully saturated rings. The summed E-state index contributed by atoms with van der Waals surface area (Å²) in [5.74, 6) is 0.656. The van der Waals surface area contributed by atoms with Gasteiger partial charge in [-0.3, -0.25) is 9.89 Å². The minimum absolute atomic E-state index is 0. The fourth-order valence-corrected chi connectivity index (χ4v) is 3.68. The number of halogens is 4. The molecule has 0 aliphatic carbocycles. The van der Waals surface area contributed by atoms with Crippen molar-refractivity contribution in [3.8, 4) is 0 Å². The number of alkyl halides is 3. The van der Waals surface area contributed by atoms with E-state index in [0.717, 1.165) is 36.5 Å². The van der Waals surface area contributed by atoms with Crippen molar-refractivity contribution in [1.82, 2.24) is 20.5 Å². The summed E-state index contributed by atoms with van der Waals surface area (Å²) in [5, 5.41) is 9.67. The van der Waals surface area contributed by atoms with Crippen LogP contribution in [0.4, 0.5) is 13.2 Å². The van der Waals surface area contributed by atoms with Crippen LogP contribution in [0.25, 0.3) is 0 Å². The lowest BCUT2D eigenvalue weighted by molar-refractivity contribution is -0.143. The van der Waals surface area contributed by atoms with Gasteiger partial charge in [0.25, 0.3) is 0 Å². The Morgan fingerprint density at radius 3 is 2.81 bits per heavy atom. The lowest BCUT2D eigenvalue weighted by atomic mass is 10.2. The third-order valence-corrected chi connectivity index (χ3v) is 5.04. The van der Waals surface area contributed by atoms with E-state index in [1.165, 1.54) is 4.90 Å². The second-order valence-electron chi connectivity index (χ2n) is 6.32. The van der Waals surface area contributed by atoms with Crippen molar-refractivity contribution in [2.24, 2.45) is 4.99 Å². The number of thiazole rings is 1. The Bertz CT molecular complexity index is 564. The van der Waals surface area contributed by atoms with Gasteiger partial charge in [-0.25, -0.2) is 4.98 Å². The van der Waals surface area contributed by atoms with Crippen LogP contribution in [0, 0.1) is 6.92 Å². The number of aromatic nitrogens is 1. The van der Waals surface area contributed by atoms with Gasteiger partial charge in [-0.15, -0.1) is 35.3 Å². The number of aryl methyl sites for hydroxylation is 2. The average Bonchev–Trinajstić information content (AvgIpc) is 3.13. The molecule has 1 unspecified atom stereocenters. The molecule has 0 saturated carbocycles. The third kappa shape index (κ3) is 8.85. The zero-order valence-corrected chi connectivity index (χ0v) is 18.3. The third-order valence-electron chi connectivity index (χ3n) is 4.02. The molecule has 26 heavy (non-hydrogen) atoms. The lowest BCUT2D eigenvalue weighted by Crippen LogP contribution is -2.45. The summed E-state index contributed by atoms with van der Waals surface area (Å²) in [4.78, 5) is 10.0. The Labute approximate surface area is 173 Å². The molecule has 1 saturated heterocycles. The molecule has 0 spiro atoms. The molecule has 5 nitrogen and oxygen atoms in total. The predicted molar refractivity (Wildman–Crippen MR) is 111 cm³/mol. The van der Waals surface area contributed by atoms with Crippen molar-refractivity contribution in [1.29, 1.82) is 0 Å². The van der Waals surface area contributed by atoms with Gasteiger partial charge in [0, 0.05) is 43.8 Å². The Kier molecular flexibility index (Phi) is 10.2. The molecule has 2 heterocycles. The van der Waals surface area contributed by atoms with Crippen LogP contribution in [0.1, 0.15) is 30.0 Å². The van der Waals surface area contributed by atoms with E-state index in [1.807, 2.05) is 6.92 Å². The van der Waals surface area contributed by atoms with E-state index in [1.54, 1.807) is 18.4 Å². The summed E-state index contributed by atoms with van der Waals surface area (Å²) in [6, 6.07) is 0.00634. The van der Waals surface area contributed by atoms with Gasteiger partial charge in [-0.1, -0.05) is 0 Å². The molecule has 0 bridgehead atoms. The van der Waals surface area contributed by atoms with Crippen LogP contribution in [0.3, 0.4) is 0 Å². The van der Waals surface area contributed by atoms with E-state index in [4.69, 9.17) is 0 Å². The summed E-state index contributed by atoms with van der Waals surface area (Å²) < 4.78 is 37.3. The van der Waals surface area contributed by atoms with Gasteiger partial charge in [0.05, 0.1) is 11.6 Å². The summed E-state index contributed by atoms with van der Waals surface area (Å²) in [6.07, 6.45) is -0.434. The number of likely N-dealkylation sites (tertiary alicyclic amines) is 1. The number of rotatable bonds is 7. The second kappa shape index (κ2) is 11.3. The van der Waals surface area contributed by atoms with Crippen LogP contribution in [0.15, 0.2) is 10.4 Å². The molecule has 150 valence electrons.